The Hall–Kier alpha value is -0.360. The van der Waals surface area contributed by atoms with Gasteiger partial charge in [-0.2, -0.15) is 4.98 Å². The second-order valence-electron chi connectivity index (χ2n) is 3.56. The number of aromatic nitrogens is 2. The second-order valence-corrected chi connectivity index (χ2v) is 5.20. The van der Waals surface area contributed by atoms with Crippen LogP contribution < -0.4 is 9.64 Å². The van der Waals surface area contributed by atoms with Crippen LogP contribution in [0.5, 0.6) is 5.88 Å². The number of halogens is 2. The van der Waals surface area contributed by atoms with Gasteiger partial charge in [0.15, 0.2) is 0 Å². The first-order valence-electron chi connectivity index (χ1n) is 5.60. The number of rotatable bonds is 7. The molecule has 0 aliphatic heterocycles. The molecule has 0 bridgehead atoms. The summed E-state index contributed by atoms with van der Waals surface area (Å²) in [5.74, 6) is 1.30. The van der Waals surface area contributed by atoms with Crippen LogP contribution in [0.25, 0.3) is 0 Å². The third kappa shape index (κ3) is 4.43. The third-order valence-electron chi connectivity index (χ3n) is 2.31. The molecule has 17 heavy (non-hydrogen) atoms. The fraction of sp³-hybridized carbons (Fsp3) is 0.636. The molecule has 0 saturated carbocycles. The number of alkyl halides is 1. The lowest BCUT2D eigenvalue weighted by atomic mass is 10.3. The molecule has 1 rings (SSSR count). The summed E-state index contributed by atoms with van der Waals surface area (Å²) in [6, 6.07) is 0. The van der Waals surface area contributed by atoms with Crippen LogP contribution in [0.2, 0.25) is 0 Å². The van der Waals surface area contributed by atoms with Crippen LogP contribution in [0.3, 0.4) is 0 Å². The van der Waals surface area contributed by atoms with Crippen molar-refractivity contribution in [3.8, 4) is 5.88 Å². The van der Waals surface area contributed by atoms with Gasteiger partial charge in [0.25, 0.3) is 0 Å². The van der Waals surface area contributed by atoms with E-state index in [-0.39, 0.29) is 0 Å². The summed E-state index contributed by atoms with van der Waals surface area (Å²) in [6.45, 7) is 4.03. The predicted molar refractivity (Wildman–Crippen MR) is 77.2 cm³/mol. The molecule has 0 N–H and O–H groups in total. The molecule has 4 nitrogen and oxygen atoms in total. The normalized spacial score (nSPS) is 10.4. The van der Waals surface area contributed by atoms with Crippen molar-refractivity contribution in [1.82, 2.24) is 9.97 Å². The molecular weight excluding hydrogens is 350 g/mol. The van der Waals surface area contributed by atoms with Gasteiger partial charge in [0.2, 0.25) is 11.8 Å². The fourth-order valence-corrected chi connectivity index (χ4v) is 2.18. The minimum Gasteiger partial charge on any atom is -0.480 e. The summed E-state index contributed by atoms with van der Waals surface area (Å²) in [4.78, 5) is 10.9. The van der Waals surface area contributed by atoms with Gasteiger partial charge in [0.05, 0.1) is 17.8 Å². The van der Waals surface area contributed by atoms with Crippen molar-refractivity contribution in [2.24, 2.45) is 0 Å². The Labute approximate surface area is 119 Å². The number of anilines is 1. The van der Waals surface area contributed by atoms with Gasteiger partial charge in [-0.25, -0.2) is 4.98 Å². The molecule has 0 radical (unpaired) electrons. The van der Waals surface area contributed by atoms with Crippen LogP contribution >= 0.6 is 31.9 Å². The van der Waals surface area contributed by atoms with Crippen molar-refractivity contribution in [2.45, 2.75) is 19.8 Å². The Kier molecular flexibility index (Phi) is 6.80. The first-order valence-corrected chi connectivity index (χ1v) is 7.51. The van der Waals surface area contributed by atoms with Crippen molar-refractivity contribution in [3.05, 3.63) is 10.7 Å². The van der Waals surface area contributed by atoms with E-state index in [1.165, 1.54) is 0 Å². The molecule has 0 aliphatic rings. The lowest BCUT2D eigenvalue weighted by Gasteiger charge is -2.21. The topological polar surface area (TPSA) is 38.2 Å². The van der Waals surface area contributed by atoms with E-state index in [1.54, 1.807) is 13.3 Å². The van der Waals surface area contributed by atoms with Crippen LogP contribution in [-0.4, -0.2) is 35.5 Å². The van der Waals surface area contributed by atoms with Gasteiger partial charge in [-0.15, -0.1) is 0 Å². The van der Waals surface area contributed by atoms with Gasteiger partial charge < -0.3 is 9.64 Å². The van der Waals surface area contributed by atoms with Gasteiger partial charge in [-0.1, -0.05) is 29.3 Å². The molecule has 0 unspecified atom stereocenters. The molecule has 6 heteroatoms. The summed E-state index contributed by atoms with van der Waals surface area (Å²) >= 11 is 6.81. The predicted octanol–water partition coefficient (Wildman–Crippen LogP) is 3.25. The van der Waals surface area contributed by atoms with Gasteiger partial charge in [-0.05, 0) is 22.4 Å². The molecule has 0 aliphatic carbocycles. The Morgan fingerprint density at radius 3 is 2.76 bits per heavy atom. The van der Waals surface area contributed by atoms with Crippen molar-refractivity contribution in [1.29, 1.82) is 0 Å². The van der Waals surface area contributed by atoms with Crippen molar-refractivity contribution in [3.63, 3.8) is 0 Å². The maximum atomic E-state index is 5.18. The molecular formula is C11H17Br2N3O. The molecule has 0 aromatic carbocycles. The molecule has 1 heterocycles. The Bertz CT molecular complexity index is 349. The highest BCUT2D eigenvalue weighted by atomic mass is 79.9. The van der Waals surface area contributed by atoms with E-state index in [1.807, 2.05) is 0 Å². The number of methoxy groups -OCH3 is 1. The highest BCUT2D eigenvalue weighted by Gasteiger charge is 2.11. The molecule has 0 fully saturated rings. The van der Waals surface area contributed by atoms with Gasteiger partial charge in [-0.3, -0.25) is 0 Å². The fourth-order valence-electron chi connectivity index (χ4n) is 1.40. The summed E-state index contributed by atoms with van der Waals surface area (Å²) in [5.41, 5.74) is 0. The molecule has 1 aromatic rings. The molecule has 0 spiro atoms. The zero-order chi connectivity index (χ0) is 12.7. The second kappa shape index (κ2) is 7.87. The lowest BCUT2D eigenvalue weighted by molar-refractivity contribution is 0.393. The summed E-state index contributed by atoms with van der Waals surface area (Å²) in [6.07, 6.45) is 4.02. The van der Waals surface area contributed by atoms with Gasteiger partial charge >= 0.3 is 0 Å². The van der Waals surface area contributed by atoms with E-state index < -0.39 is 0 Å². The highest BCUT2D eigenvalue weighted by Crippen LogP contribution is 2.23. The molecule has 96 valence electrons. The Morgan fingerprint density at radius 2 is 2.18 bits per heavy atom. The highest BCUT2D eigenvalue weighted by molar-refractivity contribution is 9.10. The molecule has 1 aromatic heterocycles. The van der Waals surface area contributed by atoms with E-state index in [0.717, 1.165) is 41.7 Å². The number of hydrogen-bond donors (Lipinski definition) is 0. The van der Waals surface area contributed by atoms with Crippen LogP contribution in [-0.2, 0) is 0 Å². The SMILES string of the molecule is CCCCN(CCBr)c1ncc(Br)c(OC)n1. The maximum absolute atomic E-state index is 5.18. The van der Waals surface area contributed by atoms with E-state index in [0.29, 0.717) is 5.88 Å². The van der Waals surface area contributed by atoms with E-state index in [4.69, 9.17) is 4.74 Å². The molecule has 0 atom stereocenters. The summed E-state index contributed by atoms with van der Waals surface area (Å²) < 4.78 is 5.96. The van der Waals surface area contributed by atoms with E-state index in [9.17, 15) is 0 Å². The van der Waals surface area contributed by atoms with E-state index >= 15 is 0 Å². The van der Waals surface area contributed by atoms with Crippen molar-refractivity contribution in [2.75, 3.05) is 30.4 Å². The smallest absolute Gasteiger partial charge is 0.232 e. The first-order chi connectivity index (χ1) is 8.22. The Balaban J connectivity index is 2.85. The monoisotopic (exact) mass is 365 g/mol. The average molecular weight is 367 g/mol. The first kappa shape index (κ1) is 14.7. The van der Waals surface area contributed by atoms with Gasteiger partial charge in [0.1, 0.15) is 0 Å². The number of nitrogens with zero attached hydrogens (tertiary/aromatic N) is 3. The quantitative estimate of drug-likeness (QED) is 0.694. The summed E-state index contributed by atoms with van der Waals surface area (Å²) in [5, 5.41) is 0.901. The zero-order valence-electron chi connectivity index (χ0n) is 10.1. The van der Waals surface area contributed by atoms with Crippen LogP contribution in [0.1, 0.15) is 19.8 Å². The van der Waals surface area contributed by atoms with Gasteiger partial charge in [0, 0.05) is 18.4 Å². The molecule has 0 saturated heterocycles. The zero-order valence-corrected chi connectivity index (χ0v) is 13.3. The standard InChI is InChI=1S/C11H17Br2N3O/c1-3-4-6-16(7-5-12)11-14-8-9(13)10(15-11)17-2/h8H,3-7H2,1-2H3. The summed E-state index contributed by atoms with van der Waals surface area (Å²) in [7, 11) is 1.61. The van der Waals surface area contributed by atoms with Crippen LogP contribution in [0.15, 0.2) is 10.7 Å². The molecule has 0 amide bonds. The van der Waals surface area contributed by atoms with Crippen molar-refractivity contribution >= 4 is 37.8 Å². The largest absolute Gasteiger partial charge is 0.480 e. The maximum Gasteiger partial charge on any atom is 0.232 e. The van der Waals surface area contributed by atoms with Crippen LogP contribution in [0, 0.1) is 0 Å². The lowest BCUT2D eigenvalue weighted by Crippen LogP contribution is -2.28. The number of hydrogen-bond acceptors (Lipinski definition) is 4. The Morgan fingerprint density at radius 1 is 1.41 bits per heavy atom. The van der Waals surface area contributed by atoms with E-state index in [2.05, 4.69) is 53.7 Å². The average Bonchev–Trinajstić information content (AvgIpc) is 2.35. The van der Waals surface area contributed by atoms with Crippen molar-refractivity contribution < 1.29 is 4.74 Å². The number of unbranched alkanes of at least 4 members (excludes halogenated alkanes) is 1. The van der Waals surface area contributed by atoms with Crippen LogP contribution in [0.4, 0.5) is 5.95 Å². The minimum absolute atomic E-state index is 0.575. The number of ether oxygens (including phenoxy) is 1. The minimum atomic E-state index is 0.575. The third-order valence-corrected chi connectivity index (χ3v) is 3.21.